The molecule has 0 radical (unpaired) electrons. The number of ether oxygens (including phenoxy) is 1. The minimum Gasteiger partial charge on any atom is -0.497 e. The second kappa shape index (κ2) is 5.09. The van der Waals surface area contributed by atoms with Crippen molar-refractivity contribution in [3.63, 3.8) is 0 Å². The number of anilines is 1. The zero-order chi connectivity index (χ0) is 14.1. The molecule has 0 aliphatic carbocycles. The molecule has 4 nitrogen and oxygen atoms in total. The van der Waals surface area contributed by atoms with Crippen LogP contribution in [0.15, 0.2) is 29.6 Å². The molecule has 2 aromatic heterocycles. The van der Waals surface area contributed by atoms with E-state index in [0.29, 0.717) is 0 Å². The molecule has 0 atom stereocenters. The molecule has 2 heterocycles. The average molecular weight is 285 g/mol. The third kappa shape index (κ3) is 2.20. The van der Waals surface area contributed by atoms with Gasteiger partial charge in [-0.2, -0.15) is 0 Å². The number of fused-ring (bicyclic) bond motifs is 1. The van der Waals surface area contributed by atoms with Gasteiger partial charge in [0.05, 0.1) is 18.3 Å². The van der Waals surface area contributed by atoms with Crippen LogP contribution in [0.1, 0.15) is 5.69 Å². The SMILES string of the molecule is CNc1nc(-c2cc(C)nc3ccc(OC)cc23)cs1. The molecule has 0 bridgehead atoms. The topological polar surface area (TPSA) is 47.0 Å². The van der Waals surface area contributed by atoms with E-state index in [4.69, 9.17) is 4.74 Å². The maximum atomic E-state index is 5.31. The highest BCUT2D eigenvalue weighted by molar-refractivity contribution is 7.14. The van der Waals surface area contributed by atoms with Crippen molar-refractivity contribution in [3.8, 4) is 17.0 Å². The molecule has 5 heteroatoms. The Morgan fingerprint density at radius 1 is 1.20 bits per heavy atom. The van der Waals surface area contributed by atoms with Crippen molar-refractivity contribution in [2.24, 2.45) is 0 Å². The van der Waals surface area contributed by atoms with Crippen molar-refractivity contribution >= 4 is 27.4 Å². The number of methoxy groups -OCH3 is 1. The van der Waals surface area contributed by atoms with Gasteiger partial charge in [0, 0.05) is 29.1 Å². The monoisotopic (exact) mass is 285 g/mol. The van der Waals surface area contributed by atoms with E-state index in [-0.39, 0.29) is 0 Å². The van der Waals surface area contributed by atoms with Crippen LogP contribution in [0.25, 0.3) is 22.2 Å². The summed E-state index contributed by atoms with van der Waals surface area (Å²) in [5.41, 5.74) is 3.99. The van der Waals surface area contributed by atoms with Crippen LogP contribution in [0.2, 0.25) is 0 Å². The molecular formula is C15H15N3OS. The van der Waals surface area contributed by atoms with E-state index in [1.165, 1.54) is 0 Å². The fourth-order valence-electron chi connectivity index (χ4n) is 2.19. The highest BCUT2D eigenvalue weighted by Gasteiger charge is 2.10. The molecule has 0 fully saturated rings. The predicted octanol–water partition coefficient (Wildman–Crippen LogP) is 3.72. The molecule has 102 valence electrons. The number of rotatable bonds is 3. The summed E-state index contributed by atoms with van der Waals surface area (Å²) in [5.74, 6) is 0.827. The third-order valence-corrected chi connectivity index (χ3v) is 4.00. The van der Waals surface area contributed by atoms with Crippen LogP contribution in [0.3, 0.4) is 0 Å². The number of nitrogens with one attached hydrogen (secondary N) is 1. The molecular weight excluding hydrogens is 270 g/mol. The molecule has 1 aromatic carbocycles. The molecule has 3 aromatic rings. The van der Waals surface area contributed by atoms with E-state index in [0.717, 1.165) is 38.7 Å². The lowest BCUT2D eigenvalue weighted by molar-refractivity contribution is 0.415. The number of aromatic nitrogens is 2. The van der Waals surface area contributed by atoms with Crippen LogP contribution in [0.5, 0.6) is 5.75 Å². The van der Waals surface area contributed by atoms with Gasteiger partial charge in [-0.05, 0) is 31.2 Å². The van der Waals surface area contributed by atoms with Gasteiger partial charge < -0.3 is 10.1 Å². The zero-order valence-corrected chi connectivity index (χ0v) is 12.4. The van der Waals surface area contributed by atoms with Gasteiger partial charge in [0.1, 0.15) is 5.75 Å². The Kier molecular flexibility index (Phi) is 3.28. The Labute approximate surface area is 121 Å². The molecule has 0 spiro atoms. The van der Waals surface area contributed by atoms with E-state index < -0.39 is 0 Å². The van der Waals surface area contributed by atoms with Crippen LogP contribution in [-0.4, -0.2) is 24.1 Å². The number of thiazole rings is 1. The molecule has 0 amide bonds. The number of pyridine rings is 1. The van der Waals surface area contributed by atoms with Crippen molar-refractivity contribution in [1.29, 1.82) is 0 Å². The van der Waals surface area contributed by atoms with Gasteiger partial charge in [0.15, 0.2) is 5.13 Å². The Morgan fingerprint density at radius 3 is 2.75 bits per heavy atom. The van der Waals surface area contributed by atoms with Crippen molar-refractivity contribution in [3.05, 3.63) is 35.3 Å². The normalized spacial score (nSPS) is 10.8. The number of aryl methyl sites for hydroxylation is 1. The molecule has 0 aliphatic rings. The molecule has 0 saturated carbocycles. The lowest BCUT2D eigenvalue weighted by Crippen LogP contribution is -1.91. The fourth-order valence-corrected chi connectivity index (χ4v) is 2.86. The van der Waals surface area contributed by atoms with Crippen LogP contribution in [0.4, 0.5) is 5.13 Å². The van der Waals surface area contributed by atoms with E-state index in [2.05, 4.69) is 26.7 Å². The van der Waals surface area contributed by atoms with Crippen molar-refractivity contribution < 1.29 is 4.74 Å². The Hall–Kier alpha value is -2.14. The summed E-state index contributed by atoms with van der Waals surface area (Å²) < 4.78 is 5.31. The highest BCUT2D eigenvalue weighted by Crippen LogP contribution is 2.32. The second-order valence-corrected chi connectivity index (χ2v) is 5.34. The Morgan fingerprint density at radius 2 is 2.05 bits per heavy atom. The number of benzene rings is 1. The lowest BCUT2D eigenvalue weighted by atomic mass is 10.1. The Bertz CT molecular complexity index is 767. The van der Waals surface area contributed by atoms with E-state index in [9.17, 15) is 0 Å². The molecule has 0 unspecified atom stereocenters. The quantitative estimate of drug-likeness (QED) is 0.796. The lowest BCUT2D eigenvalue weighted by Gasteiger charge is -2.07. The van der Waals surface area contributed by atoms with E-state index in [1.807, 2.05) is 32.2 Å². The van der Waals surface area contributed by atoms with E-state index in [1.54, 1.807) is 18.4 Å². The maximum Gasteiger partial charge on any atom is 0.182 e. The molecule has 0 aliphatic heterocycles. The predicted molar refractivity (Wildman–Crippen MR) is 83.7 cm³/mol. The standard InChI is InChI=1S/C15H15N3OS/c1-9-6-11(14-8-20-15(16-2)18-14)12-7-10(19-3)4-5-13(12)17-9/h4-8H,1-3H3,(H,16,18). The van der Waals surface area contributed by atoms with Gasteiger partial charge in [-0.3, -0.25) is 4.98 Å². The number of hydrogen-bond acceptors (Lipinski definition) is 5. The zero-order valence-electron chi connectivity index (χ0n) is 11.6. The molecule has 3 rings (SSSR count). The highest BCUT2D eigenvalue weighted by atomic mass is 32.1. The Balaban J connectivity index is 2.26. The summed E-state index contributed by atoms with van der Waals surface area (Å²) in [6, 6.07) is 7.99. The number of hydrogen-bond donors (Lipinski definition) is 1. The van der Waals surface area contributed by atoms with Crippen LogP contribution < -0.4 is 10.1 Å². The minimum absolute atomic E-state index is 0.827. The van der Waals surface area contributed by atoms with Gasteiger partial charge in [-0.1, -0.05) is 0 Å². The van der Waals surface area contributed by atoms with Gasteiger partial charge in [0.25, 0.3) is 0 Å². The van der Waals surface area contributed by atoms with Crippen LogP contribution in [0, 0.1) is 6.92 Å². The first-order chi connectivity index (χ1) is 9.71. The summed E-state index contributed by atoms with van der Waals surface area (Å²) in [7, 11) is 3.55. The minimum atomic E-state index is 0.827. The third-order valence-electron chi connectivity index (χ3n) is 3.14. The summed E-state index contributed by atoms with van der Waals surface area (Å²) in [6.07, 6.45) is 0. The van der Waals surface area contributed by atoms with Gasteiger partial charge in [0.2, 0.25) is 0 Å². The van der Waals surface area contributed by atoms with Crippen LogP contribution >= 0.6 is 11.3 Å². The summed E-state index contributed by atoms with van der Waals surface area (Å²) in [5, 5.41) is 7.09. The number of nitrogens with zero attached hydrogens (tertiary/aromatic N) is 2. The van der Waals surface area contributed by atoms with Gasteiger partial charge in [-0.25, -0.2) is 4.98 Å². The average Bonchev–Trinajstić information content (AvgIpc) is 2.94. The summed E-state index contributed by atoms with van der Waals surface area (Å²) in [4.78, 5) is 9.15. The second-order valence-electron chi connectivity index (χ2n) is 4.48. The van der Waals surface area contributed by atoms with Crippen molar-refractivity contribution in [2.45, 2.75) is 6.92 Å². The first-order valence-corrected chi connectivity index (χ1v) is 7.18. The maximum absolute atomic E-state index is 5.31. The smallest absolute Gasteiger partial charge is 0.182 e. The largest absolute Gasteiger partial charge is 0.497 e. The summed E-state index contributed by atoms with van der Waals surface area (Å²) >= 11 is 1.59. The first-order valence-electron chi connectivity index (χ1n) is 6.30. The first kappa shape index (κ1) is 12.9. The van der Waals surface area contributed by atoms with Gasteiger partial charge in [-0.15, -0.1) is 11.3 Å². The summed E-state index contributed by atoms with van der Waals surface area (Å²) in [6.45, 7) is 2.00. The van der Waals surface area contributed by atoms with Crippen LogP contribution in [-0.2, 0) is 0 Å². The van der Waals surface area contributed by atoms with Gasteiger partial charge >= 0.3 is 0 Å². The van der Waals surface area contributed by atoms with E-state index >= 15 is 0 Å². The molecule has 1 N–H and O–H groups in total. The fraction of sp³-hybridized carbons (Fsp3) is 0.200. The molecule has 0 saturated heterocycles. The molecule has 20 heavy (non-hydrogen) atoms. The van der Waals surface area contributed by atoms with Crippen molar-refractivity contribution in [2.75, 3.05) is 19.5 Å². The van der Waals surface area contributed by atoms with Crippen molar-refractivity contribution in [1.82, 2.24) is 9.97 Å².